The molecule has 2 atom stereocenters. The zero-order valence-corrected chi connectivity index (χ0v) is 13.1. The maximum Gasteiger partial charge on any atom is 0.223 e. The molecule has 0 saturated heterocycles. The zero-order valence-electron chi connectivity index (χ0n) is 11.5. The molecule has 0 heterocycles. The van der Waals surface area contributed by atoms with E-state index in [-0.39, 0.29) is 11.8 Å². The van der Waals surface area contributed by atoms with Gasteiger partial charge in [-0.15, -0.1) is 0 Å². The lowest BCUT2D eigenvalue weighted by Gasteiger charge is -2.09. The Morgan fingerprint density at radius 1 is 1.47 bits per heavy atom. The van der Waals surface area contributed by atoms with Crippen molar-refractivity contribution in [3.05, 3.63) is 34.3 Å². The second-order valence-electron chi connectivity index (χ2n) is 5.45. The minimum absolute atomic E-state index is 0.175. The van der Waals surface area contributed by atoms with Crippen LogP contribution in [-0.2, 0) is 4.79 Å². The summed E-state index contributed by atoms with van der Waals surface area (Å²) in [5, 5.41) is 3.04. The largest absolute Gasteiger partial charge is 0.356 e. The highest BCUT2D eigenvalue weighted by atomic mass is 79.9. The summed E-state index contributed by atoms with van der Waals surface area (Å²) in [6.07, 6.45) is 1.99. The van der Waals surface area contributed by atoms with Crippen molar-refractivity contribution >= 4 is 21.8 Å². The van der Waals surface area contributed by atoms with Gasteiger partial charge in [0.05, 0.1) is 0 Å². The number of amides is 1. The van der Waals surface area contributed by atoms with Crippen LogP contribution in [0.4, 0.5) is 0 Å². The van der Waals surface area contributed by atoms with Crippen molar-refractivity contribution in [3.8, 4) is 0 Å². The van der Waals surface area contributed by atoms with E-state index < -0.39 is 0 Å². The van der Waals surface area contributed by atoms with Crippen LogP contribution in [0.15, 0.2) is 28.7 Å². The molecule has 1 N–H and O–H groups in total. The Balaban J connectivity index is 1.75. The summed E-state index contributed by atoms with van der Waals surface area (Å²) in [6, 6.07) is 8.27. The van der Waals surface area contributed by atoms with Gasteiger partial charge in [-0.1, -0.05) is 28.1 Å². The highest BCUT2D eigenvalue weighted by Crippen LogP contribution is 2.47. The molecule has 0 bridgehead atoms. The Kier molecular flexibility index (Phi) is 4.99. The Bertz CT molecular complexity index is 448. The van der Waals surface area contributed by atoms with E-state index in [1.54, 1.807) is 0 Å². The van der Waals surface area contributed by atoms with Crippen LogP contribution in [0.3, 0.4) is 0 Å². The molecule has 1 fully saturated rings. The Morgan fingerprint density at radius 3 is 2.95 bits per heavy atom. The average Bonchev–Trinajstić information content (AvgIpc) is 3.14. The number of halogens is 1. The molecule has 19 heavy (non-hydrogen) atoms. The van der Waals surface area contributed by atoms with E-state index in [9.17, 15) is 4.79 Å². The molecule has 1 saturated carbocycles. The summed E-state index contributed by atoms with van der Waals surface area (Å²) in [5.41, 5.74) is 1.27. The highest BCUT2D eigenvalue weighted by Gasteiger charge is 2.43. The minimum atomic E-state index is 0.175. The smallest absolute Gasteiger partial charge is 0.223 e. The van der Waals surface area contributed by atoms with Crippen LogP contribution < -0.4 is 5.32 Å². The van der Waals surface area contributed by atoms with Crippen LogP contribution in [0.2, 0.25) is 0 Å². The molecule has 1 amide bonds. The number of hydrogen-bond acceptors (Lipinski definition) is 2. The monoisotopic (exact) mass is 324 g/mol. The fourth-order valence-corrected chi connectivity index (χ4v) is 2.75. The predicted octanol–water partition coefficient (Wildman–Crippen LogP) is 2.62. The van der Waals surface area contributed by atoms with E-state index in [2.05, 4.69) is 38.3 Å². The summed E-state index contributed by atoms with van der Waals surface area (Å²) in [7, 11) is 4.10. The van der Waals surface area contributed by atoms with Crippen LogP contribution >= 0.6 is 15.9 Å². The van der Waals surface area contributed by atoms with Crippen LogP contribution in [0.5, 0.6) is 0 Å². The van der Waals surface area contributed by atoms with Gasteiger partial charge in [0.15, 0.2) is 0 Å². The van der Waals surface area contributed by atoms with Gasteiger partial charge in [-0.2, -0.15) is 0 Å². The quantitative estimate of drug-likeness (QED) is 0.816. The third-order valence-electron chi connectivity index (χ3n) is 3.49. The number of carbonyl (C=O) groups is 1. The number of hydrogen-bond donors (Lipinski definition) is 1. The van der Waals surface area contributed by atoms with Crippen molar-refractivity contribution in [2.45, 2.75) is 18.8 Å². The summed E-state index contributed by atoms with van der Waals surface area (Å²) >= 11 is 3.47. The standard InChI is InChI=1S/C15H21BrN2O/c1-18(2)8-4-7-17-15(19)14-10-13(14)11-5-3-6-12(16)9-11/h3,5-6,9,13-14H,4,7-8,10H2,1-2H3,(H,17,19)/t13-,14-/m0/s1. The second kappa shape index (κ2) is 6.53. The van der Waals surface area contributed by atoms with Gasteiger partial charge in [0.25, 0.3) is 0 Å². The Hall–Kier alpha value is -0.870. The first-order valence-electron chi connectivity index (χ1n) is 6.76. The third-order valence-corrected chi connectivity index (χ3v) is 3.98. The van der Waals surface area contributed by atoms with Gasteiger partial charge in [0, 0.05) is 16.9 Å². The normalized spacial score (nSPS) is 21.5. The van der Waals surface area contributed by atoms with E-state index in [0.29, 0.717) is 5.92 Å². The molecule has 104 valence electrons. The minimum Gasteiger partial charge on any atom is -0.356 e. The highest BCUT2D eigenvalue weighted by molar-refractivity contribution is 9.10. The molecule has 3 nitrogen and oxygen atoms in total. The van der Waals surface area contributed by atoms with Gasteiger partial charge in [0.1, 0.15) is 0 Å². The first-order valence-corrected chi connectivity index (χ1v) is 7.55. The van der Waals surface area contributed by atoms with Crippen molar-refractivity contribution < 1.29 is 4.79 Å². The van der Waals surface area contributed by atoms with Gasteiger partial charge in [-0.05, 0) is 57.1 Å². The average molecular weight is 325 g/mol. The van der Waals surface area contributed by atoms with Crippen LogP contribution in [0, 0.1) is 5.92 Å². The van der Waals surface area contributed by atoms with Crippen molar-refractivity contribution in [1.29, 1.82) is 0 Å². The zero-order chi connectivity index (χ0) is 13.8. The van der Waals surface area contributed by atoms with Crippen molar-refractivity contribution in [1.82, 2.24) is 10.2 Å². The van der Waals surface area contributed by atoms with Gasteiger partial charge < -0.3 is 10.2 Å². The molecule has 0 spiro atoms. The molecule has 0 radical (unpaired) electrons. The van der Waals surface area contributed by atoms with Gasteiger partial charge in [0.2, 0.25) is 5.91 Å². The number of nitrogens with one attached hydrogen (secondary N) is 1. The summed E-state index contributed by atoms with van der Waals surface area (Å²) in [5.74, 6) is 0.795. The van der Waals surface area contributed by atoms with Crippen molar-refractivity contribution in [2.24, 2.45) is 5.92 Å². The number of rotatable bonds is 6. The van der Waals surface area contributed by atoms with E-state index in [1.807, 2.05) is 26.2 Å². The van der Waals surface area contributed by atoms with Crippen LogP contribution in [0.25, 0.3) is 0 Å². The van der Waals surface area contributed by atoms with Gasteiger partial charge in [-0.3, -0.25) is 4.79 Å². The molecule has 0 unspecified atom stereocenters. The SMILES string of the molecule is CN(C)CCCNC(=O)[C@H]1C[C@H]1c1cccc(Br)c1. The lowest BCUT2D eigenvalue weighted by molar-refractivity contribution is -0.122. The summed E-state index contributed by atoms with van der Waals surface area (Å²) < 4.78 is 1.09. The van der Waals surface area contributed by atoms with E-state index in [4.69, 9.17) is 0 Å². The summed E-state index contributed by atoms with van der Waals surface area (Å²) in [4.78, 5) is 14.1. The Morgan fingerprint density at radius 2 is 2.26 bits per heavy atom. The lowest BCUT2D eigenvalue weighted by Crippen LogP contribution is -2.28. The van der Waals surface area contributed by atoms with E-state index >= 15 is 0 Å². The van der Waals surface area contributed by atoms with E-state index in [1.165, 1.54) is 5.56 Å². The molecule has 0 aliphatic heterocycles. The molecule has 1 aromatic carbocycles. The molecule has 0 aromatic heterocycles. The number of nitrogens with zero attached hydrogens (tertiary/aromatic N) is 1. The molecular weight excluding hydrogens is 304 g/mol. The van der Waals surface area contributed by atoms with Crippen LogP contribution in [-0.4, -0.2) is 38.0 Å². The predicted molar refractivity (Wildman–Crippen MR) is 81.2 cm³/mol. The second-order valence-corrected chi connectivity index (χ2v) is 6.37. The first kappa shape index (κ1) is 14.5. The summed E-state index contributed by atoms with van der Waals surface area (Å²) in [6.45, 7) is 1.79. The maximum atomic E-state index is 12.0. The topological polar surface area (TPSA) is 32.3 Å². The molecule has 1 aromatic rings. The molecule has 4 heteroatoms. The fraction of sp³-hybridized carbons (Fsp3) is 0.533. The molecular formula is C15H21BrN2O. The maximum absolute atomic E-state index is 12.0. The molecule has 1 aliphatic carbocycles. The Labute approximate surface area is 123 Å². The number of carbonyl (C=O) groups excluding carboxylic acids is 1. The van der Waals surface area contributed by atoms with E-state index in [0.717, 1.165) is 30.4 Å². The van der Waals surface area contributed by atoms with Crippen molar-refractivity contribution in [3.63, 3.8) is 0 Å². The lowest BCUT2D eigenvalue weighted by atomic mass is 10.1. The first-order chi connectivity index (χ1) is 9.08. The molecule has 2 rings (SSSR count). The third kappa shape index (κ3) is 4.32. The van der Waals surface area contributed by atoms with Crippen molar-refractivity contribution in [2.75, 3.05) is 27.2 Å². The van der Waals surface area contributed by atoms with Gasteiger partial charge >= 0.3 is 0 Å². The fourth-order valence-electron chi connectivity index (χ4n) is 2.33. The molecule has 1 aliphatic rings. The number of benzene rings is 1. The van der Waals surface area contributed by atoms with Gasteiger partial charge in [-0.25, -0.2) is 0 Å². The van der Waals surface area contributed by atoms with Crippen LogP contribution in [0.1, 0.15) is 24.3 Å².